The number of methoxy groups -OCH3 is 1. The lowest BCUT2D eigenvalue weighted by Crippen LogP contribution is -2.20. The van der Waals surface area contributed by atoms with E-state index in [4.69, 9.17) is 15.0 Å². The molecule has 86 valence electrons. The molecule has 0 aliphatic carbocycles. The molecule has 0 aromatic heterocycles. The van der Waals surface area contributed by atoms with Gasteiger partial charge in [-0.1, -0.05) is 5.11 Å². The number of aliphatic hydroxyl groups is 1. The number of ether oxygens (including phenoxy) is 2. The van der Waals surface area contributed by atoms with Crippen molar-refractivity contribution in [2.75, 3.05) is 20.3 Å². The molecule has 1 aromatic rings. The van der Waals surface area contributed by atoms with Crippen LogP contribution in [0, 0.1) is 0 Å². The summed E-state index contributed by atoms with van der Waals surface area (Å²) in [6, 6.07) is 6.99. The van der Waals surface area contributed by atoms with E-state index in [9.17, 15) is 5.11 Å². The van der Waals surface area contributed by atoms with E-state index in [2.05, 4.69) is 10.0 Å². The highest BCUT2D eigenvalue weighted by molar-refractivity contribution is 5.31. The molecule has 6 heteroatoms. The summed E-state index contributed by atoms with van der Waals surface area (Å²) in [5, 5.41) is 12.6. The highest BCUT2D eigenvalue weighted by Gasteiger charge is 2.03. The summed E-state index contributed by atoms with van der Waals surface area (Å²) in [6.07, 6.45) is -0.794. The smallest absolute Gasteiger partial charge is 0.119 e. The van der Waals surface area contributed by atoms with Gasteiger partial charge in [0, 0.05) is 4.91 Å². The van der Waals surface area contributed by atoms with Crippen molar-refractivity contribution in [3.63, 3.8) is 0 Å². The first kappa shape index (κ1) is 12.2. The van der Waals surface area contributed by atoms with Gasteiger partial charge in [0.2, 0.25) is 0 Å². The summed E-state index contributed by atoms with van der Waals surface area (Å²) in [7, 11) is 1.58. The van der Waals surface area contributed by atoms with Crippen molar-refractivity contribution >= 4 is 0 Å². The first-order chi connectivity index (χ1) is 7.76. The number of rotatable bonds is 6. The molecule has 6 nitrogen and oxygen atoms in total. The molecule has 0 aliphatic rings. The van der Waals surface area contributed by atoms with E-state index in [1.54, 1.807) is 31.4 Å². The Morgan fingerprint density at radius 2 is 2.00 bits per heavy atom. The number of hydrogen-bond acceptors (Lipinski definition) is 4. The molecule has 0 radical (unpaired) electrons. The van der Waals surface area contributed by atoms with Crippen molar-refractivity contribution in [2.24, 2.45) is 5.11 Å². The lowest BCUT2D eigenvalue weighted by molar-refractivity contribution is 0.114. The fourth-order valence-electron chi connectivity index (χ4n) is 1.05. The second-order valence-corrected chi connectivity index (χ2v) is 3.05. The van der Waals surface area contributed by atoms with Crippen molar-refractivity contribution < 1.29 is 14.6 Å². The average molecular weight is 223 g/mol. The van der Waals surface area contributed by atoms with E-state index in [1.165, 1.54) is 0 Å². The second-order valence-electron chi connectivity index (χ2n) is 3.05. The van der Waals surface area contributed by atoms with Crippen molar-refractivity contribution in [1.82, 2.24) is 0 Å². The van der Waals surface area contributed by atoms with Crippen LogP contribution in [0.15, 0.2) is 29.4 Å². The quantitative estimate of drug-likeness (QED) is 0.452. The van der Waals surface area contributed by atoms with E-state index in [-0.39, 0.29) is 13.2 Å². The molecular weight excluding hydrogens is 210 g/mol. The van der Waals surface area contributed by atoms with Gasteiger partial charge >= 0.3 is 0 Å². The Morgan fingerprint density at radius 1 is 1.38 bits per heavy atom. The van der Waals surface area contributed by atoms with Gasteiger partial charge in [-0.2, -0.15) is 0 Å². The van der Waals surface area contributed by atoms with Crippen LogP contribution in [0.1, 0.15) is 0 Å². The standard InChI is InChI=1S/C10H13N3O3/c1-15-9-2-4-10(5-3-9)16-7-8(14)6-12-13-11/h2-5,8,14H,6-7H2,1H3. The normalized spacial score (nSPS) is 11.4. The van der Waals surface area contributed by atoms with Crippen LogP contribution in [-0.4, -0.2) is 31.5 Å². The van der Waals surface area contributed by atoms with Gasteiger partial charge in [-0.3, -0.25) is 0 Å². The van der Waals surface area contributed by atoms with Crippen molar-refractivity contribution in [2.45, 2.75) is 6.10 Å². The van der Waals surface area contributed by atoms with Crippen LogP contribution in [0.4, 0.5) is 0 Å². The Hall–Kier alpha value is -1.91. The highest BCUT2D eigenvalue weighted by Crippen LogP contribution is 2.16. The third-order valence-electron chi connectivity index (χ3n) is 1.86. The Balaban J connectivity index is 2.38. The molecule has 0 saturated heterocycles. The minimum absolute atomic E-state index is 0.00660. The largest absolute Gasteiger partial charge is 0.497 e. The van der Waals surface area contributed by atoms with E-state index < -0.39 is 6.10 Å². The van der Waals surface area contributed by atoms with Crippen molar-refractivity contribution in [1.29, 1.82) is 0 Å². The Bertz CT molecular complexity index is 360. The predicted molar refractivity (Wildman–Crippen MR) is 58.5 cm³/mol. The molecule has 1 aromatic carbocycles. The molecule has 0 aliphatic heterocycles. The molecule has 1 atom stereocenters. The fraction of sp³-hybridized carbons (Fsp3) is 0.400. The molecule has 0 spiro atoms. The van der Waals surface area contributed by atoms with Crippen LogP contribution >= 0.6 is 0 Å². The molecule has 1 unspecified atom stereocenters. The maximum absolute atomic E-state index is 9.33. The van der Waals surface area contributed by atoms with Crippen LogP contribution in [0.2, 0.25) is 0 Å². The van der Waals surface area contributed by atoms with Gasteiger partial charge in [0.1, 0.15) is 18.1 Å². The molecule has 0 bridgehead atoms. The topological polar surface area (TPSA) is 87.5 Å². The third kappa shape index (κ3) is 4.08. The summed E-state index contributed by atoms with van der Waals surface area (Å²) < 4.78 is 10.3. The zero-order valence-corrected chi connectivity index (χ0v) is 8.91. The monoisotopic (exact) mass is 223 g/mol. The molecular formula is C10H13N3O3. The summed E-state index contributed by atoms with van der Waals surface area (Å²) >= 11 is 0. The molecule has 0 heterocycles. The van der Waals surface area contributed by atoms with Crippen LogP contribution < -0.4 is 9.47 Å². The first-order valence-corrected chi connectivity index (χ1v) is 4.72. The van der Waals surface area contributed by atoms with Crippen molar-refractivity contribution in [3.8, 4) is 11.5 Å². The van der Waals surface area contributed by atoms with Gasteiger partial charge in [0.05, 0.1) is 19.8 Å². The van der Waals surface area contributed by atoms with Crippen LogP contribution in [0.25, 0.3) is 10.4 Å². The minimum atomic E-state index is -0.794. The van der Waals surface area contributed by atoms with Crippen molar-refractivity contribution in [3.05, 3.63) is 34.7 Å². The Labute approximate surface area is 93.0 Å². The van der Waals surface area contributed by atoms with Crippen LogP contribution in [0.3, 0.4) is 0 Å². The van der Waals surface area contributed by atoms with Gasteiger partial charge in [-0.15, -0.1) is 0 Å². The number of aliphatic hydroxyl groups excluding tert-OH is 1. The van der Waals surface area contributed by atoms with Gasteiger partial charge in [0.15, 0.2) is 0 Å². The lowest BCUT2D eigenvalue weighted by Gasteiger charge is -2.10. The Kier molecular flexibility index (Phi) is 4.98. The molecule has 16 heavy (non-hydrogen) atoms. The number of nitrogens with zero attached hydrogens (tertiary/aromatic N) is 3. The zero-order valence-electron chi connectivity index (χ0n) is 8.91. The number of azide groups is 1. The summed E-state index contributed by atoms with van der Waals surface area (Å²) in [5.74, 6) is 1.36. The average Bonchev–Trinajstić information content (AvgIpc) is 2.34. The number of hydrogen-bond donors (Lipinski definition) is 1. The van der Waals surface area contributed by atoms with Gasteiger partial charge in [-0.05, 0) is 29.8 Å². The summed E-state index contributed by atoms with van der Waals surface area (Å²) in [6.45, 7) is 0.0952. The SMILES string of the molecule is COc1ccc(OCC(O)CN=[N+]=[N-])cc1. The van der Waals surface area contributed by atoms with E-state index in [0.717, 1.165) is 5.75 Å². The molecule has 1 rings (SSSR count). The molecule has 0 saturated carbocycles. The summed E-state index contributed by atoms with van der Waals surface area (Å²) in [5.41, 5.74) is 8.05. The predicted octanol–water partition coefficient (Wildman–Crippen LogP) is 1.75. The van der Waals surface area contributed by atoms with Gasteiger partial charge in [0.25, 0.3) is 0 Å². The van der Waals surface area contributed by atoms with Gasteiger partial charge < -0.3 is 14.6 Å². The molecule has 0 amide bonds. The van der Waals surface area contributed by atoms with Crippen LogP contribution in [0.5, 0.6) is 11.5 Å². The highest BCUT2D eigenvalue weighted by atomic mass is 16.5. The molecule has 1 N–H and O–H groups in total. The fourth-order valence-corrected chi connectivity index (χ4v) is 1.05. The molecule has 0 fully saturated rings. The minimum Gasteiger partial charge on any atom is -0.497 e. The van der Waals surface area contributed by atoms with E-state index in [1.807, 2.05) is 0 Å². The second kappa shape index (κ2) is 6.55. The van der Waals surface area contributed by atoms with E-state index >= 15 is 0 Å². The van der Waals surface area contributed by atoms with Gasteiger partial charge in [-0.25, -0.2) is 0 Å². The van der Waals surface area contributed by atoms with E-state index in [0.29, 0.717) is 5.75 Å². The maximum atomic E-state index is 9.33. The number of benzene rings is 1. The maximum Gasteiger partial charge on any atom is 0.119 e. The zero-order chi connectivity index (χ0) is 11.8. The van der Waals surface area contributed by atoms with Crippen LogP contribution in [-0.2, 0) is 0 Å². The summed E-state index contributed by atoms with van der Waals surface area (Å²) in [4.78, 5) is 2.55. The first-order valence-electron chi connectivity index (χ1n) is 4.72. The Morgan fingerprint density at radius 3 is 2.56 bits per heavy atom. The lowest BCUT2D eigenvalue weighted by atomic mass is 10.3. The third-order valence-corrected chi connectivity index (χ3v) is 1.86.